The van der Waals surface area contributed by atoms with Crippen LogP contribution in [0.1, 0.15) is 63.5 Å². The zero-order valence-electron chi connectivity index (χ0n) is 12.2. The Hall–Kier alpha value is -0.860. The van der Waals surface area contributed by atoms with E-state index in [9.17, 15) is 0 Å². The number of hydrogen-bond donors (Lipinski definition) is 0. The van der Waals surface area contributed by atoms with Crippen molar-refractivity contribution < 1.29 is 0 Å². The smallest absolute Gasteiger partial charge is 0.139 e. The molecule has 3 heteroatoms. The van der Waals surface area contributed by atoms with Crippen LogP contribution in [0.3, 0.4) is 0 Å². The van der Waals surface area contributed by atoms with Crippen molar-refractivity contribution in [3.05, 3.63) is 11.6 Å². The first kappa shape index (κ1) is 11.9. The van der Waals surface area contributed by atoms with Crippen LogP contribution in [0.4, 0.5) is 0 Å². The van der Waals surface area contributed by atoms with Gasteiger partial charge in [0.05, 0.1) is 0 Å². The molecule has 0 saturated heterocycles. The second-order valence-corrected chi connectivity index (χ2v) is 7.45. The molecule has 5 rings (SSSR count). The van der Waals surface area contributed by atoms with Gasteiger partial charge in [0.25, 0.3) is 0 Å². The van der Waals surface area contributed by atoms with Gasteiger partial charge in [-0.1, -0.05) is 6.92 Å². The van der Waals surface area contributed by atoms with Gasteiger partial charge in [-0.25, -0.2) is 0 Å². The highest BCUT2D eigenvalue weighted by Crippen LogP contribution is 2.60. The van der Waals surface area contributed by atoms with Crippen LogP contribution in [0.15, 0.2) is 0 Å². The lowest BCUT2D eigenvalue weighted by Crippen LogP contribution is -2.49. The van der Waals surface area contributed by atoms with Crippen molar-refractivity contribution in [1.82, 2.24) is 14.8 Å². The molecule has 0 unspecified atom stereocenters. The third-order valence-electron chi connectivity index (χ3n) is 5.95. The van der Waals surface area contributed by atoms with Gasteiger partial charge in [0.1, 0.15) is 11.6 Å². The Balaban J connectivity index is 1.71. The van der Waals surface area contributed by atoms with Gasteiger partial charge in [-0.2, -0.15) is 0 Å². The third-order valence-corrected chi connectivity index (χ3v) is 5.95. The summed E-state index contributed by atoms with van der Waals surface area (Å²) in [6.45, 7) is 2.22. The van der Waals surface area contributed by atoms with Gasteiger partial charge in [0, 0.05) is 18.9 Å². The highest BCUT2D eigenvalue weighted by atomic mass is 15.3. The van der Waals surface area contributed by atoms with E-state index in [0.29, 0.717) is 5.41 Å². The number of rotatable bonds is 3. The molecule has 0 N–H and O–H groups in total. The van der Waals surface area contributed by atoms with Crippen molar-refractivity contribution in [1.29, 1.82) is 0 Å². The molecule has 0 aliphatic heterocycles. The molecule has 3 nitrogen and oxygen atoms in total. The van der Waals surface area contributed by atoms with Crippen molar-refractivity contribution in [2.24, 2.45) is 24.8 Å². The van der Waals surface area contributed by atoms with Crippen LogP contribution in [0, 0.1) is 17.8 Å². The van der Waals surface area contributed by atoms with Crippen LogP contribution in [-0.4, -0.2) is 14.8 Å². The molecule has 19 heavy (non-hydrogen) atoms. The minimum atomic E-state index is 0.391. The van der Waals surface area contributed by atoms with E-state index >= 15 is 0 Å². The van der Waals surface area contributed by atoms with Crippen molar-refractivity contribution >= 4 is 0 Å². The fourth-order valence-corrected chi connectivity index (χ4v) is 5.65. The van der Waals surface area contributed by atoms with Crippen LogP contribution in [0.5, 0.6) is 0 Å². The van der Waals surface area contributed by atoms with E-state index in [1.807, 2.05) is 0 Å². The van der Waals surface area contributed by atoms with Gasteiger partial charge in [-0.05, 0) is 62.7 Å². The van der Waals surface area contributed by atoms with E-state index < -0.39 is 0 Å². The topological polar surface area (TPSA) is 30.7 Å². The third kappa shape index (κ3) is 1.70. The molecule has 4 saturated carbocycles. The summed E-state index contributed by atoms with van der Waals surface area (Å²) in [6, 6.07) is 0. The summed E-state index contributed by atoms with van der Waals surface area (Å²) < 4.78 is 2.33. The summed E-state index contributed by atoms with van der Waals surface area (Å²) in [6.07, 6.45) is 10.9. The second-order valence-electron chi connectivity index (χ2n) is 7.45. The summed E-state index contributed by atoms with van der Waals surface area (Å²) in [5, 5.41) is 9.11. The maximum absolute atomic E-state index is 4.64. The molecule has 4 aliphatic rings. The normalized spacial score (nSPS) is 40.0. The van der Waals surface area contributed by atoms with Gasteiger partial charge < -0.3 is 4.57 Å². The molecular formula is C16H25N3. The number of hydrogen-bond acceptors (Lipinski definition) is 2. The Morgan fingerprint density at radius 1 is 1.05 bits per heavy atom. The predicted octanol–water partition coefficient (Wildman–Crippen LogP) is 3.24. The maximum atomic E-state index is 4.64. The van der Waals surface area contributed by atoms with Crippen molar-refractivity contribution in [3.8, 4) is 0 Å². The van der Waals surface area contributed by atoms with Gasteiger partial charge in [0.2, 0.25) is 0 Å². The molecule has 104 valence electrons. The molecule has 1 aromatic heterocycles. The Morgan fingerprint density at radius 3 is 2.16 bits per heavy atom. The molecule has 1 aromatic rings. The first-order chi connectivity index (χ1) is 9.20. The summed E-state index contributed by atoms with van der Waals surface area (Å²) in [5.74, 6) is 5.45. The van der Waals surface area contributed by atoms with E-state index in [-0.39, 0.29) is 0 Å². The zero-order chi connectivity index (χ0) is 13.0. The summed E-state index contributed by atoms with van der Waals surface area (Å²) in [7, 11) is 2.19. The van der Waals surface area contributed by atoms with E-state index in [2.05, 4.69) is 28.7 Å². The van der Waals surface area contributed by atoms with Crippen LogP contribution < -0.4 is 0 Å². The lowest BCUT2D eigenvalue weighted by Gasteiger charge is -2.56. The molecular weight excluding hydrogens is 234 g/mol. The van der Waals surface area contributed by atoms with Gasteiger partial charge in [-0.15, -0.1) is 10.2 Å². The van der Waals surface area contributed by atoms with Crippen LogP contribution in [0.25, 0.3) is 0 Å². The molecule has 4 bridgehead atoms. The quantitative estimate of drug-likeness (QED) is 0.834. The molecule has 0 atom stereocenters. The minimum absolute atomic E-state index is 0.391. The van der Waals surface area contributed by atoms with Gasteiger partial charge >= 0.3 is 0 Å². The van der Waals surface area contributed by atoms with Crippen LogP contribution in [-0.2, 0) is 18.9 Å². The van der Waals surface area contributed by atoms with Gasteiger partial charge in [-0.3, -0.25) is 0 Å². The molecule has 0 amide bonds. The van der Waals surface area contributed by atoms with Crippen molar-refractivity contribution in [3.63, 3.8) is 0 Å². The van der Waals surface area contributed by atoms with E-state index in [1.54, 1.807) is 0 Å². The number of aromatic nitrogens is 3. The Labute approximate surface area is 115 Å². The molecule has 1 heterocycles. The Kier molecular flexibility index (Phi) is 2.55. The minimum Gasteiger partial charge on any atom is -0.318 e. The lowest BCUT2D eigenvalue weighted by atomic mass is 9.49. The SMILES string of the molecule is CCCc1nnc(C23CC4CC(CC(C4)C2)C3)n1C. The summed E-state index contributed by atoms with van der Waals surface area (Å²) in [5.41, 5.74) is 0.391. The zero-order valence-corrected chi connectivity index (χ0v) is 12.2. The van der Waals surface area contributed by atoms with Crippen LogP contribution >= 0.6 is 0 Å². The monoisotopic (exact) mass is 259 g/mol. The molecule has 0 aromatic carbocycles. The van der Waals surface area contributed by atoms with Crippen LogP contribution in [0.2, 0.25) is 0 Å². The van der Waals surface area contributed by atoms with E-state index in [0.717, 1.165) is 30.6 Å². The average molecular weight is 259 g/mol. The highest BCUT2D eigenvalue weighted by Gasteiger charge is 2.53. The summed E-state index contributed by atoms with van der Waals surface area (Å²) >= 11 is 0. The van der Waals surface area contributed by atoms with E-state index in [1.165, 1.54) is 50.2 Å². The fraction of sp³-hybridized carbons (Fsp3) is 0.875. The largest absolute Gasteiger partial charge is 0.318 e. The fourth-order valence-electron chi connectivity index (χ4n) is 5.65. The maximum Gasteiger partial charge on any atom is 0.139 e. The second kappa shape index (κ2) is 4.07. The average Bonchev–Trinajstić information content (AvgIpc) is 2.70. The standard InChI is InChI=1S/C16H25N3/c1-3-4-14-17-18-15(19(14)2)16-8-11-5-12(9-16)7-13(6-11)10-16/h11-13H,3-10H2,1-2H3. The van der Waals surface area contributed by atoms with Crippen molar-refractivity contribution in [2.45, 2.75) is 63.7 Å². The lowest BCUT2D eigenvalue weighted by molar-refractivity contribution is -0.0108. The number of nitrogens with zero attached hydrogens (tertiary/aromatic N) is 3. The Bertz CT molecular complexity index is 453. The number of aryl methyl sites for hydroxylation is 1. The molecule has 0 radical (unpaired) electrons. The molecule has 0 spiro atoms. The first-order valence-electron chi connectivity index (χ1n) is 8.09. The Morgan fingerprint density at radius 2 is 1.63 bits per heavy atom. The van der Waals surface area contributed by atoms with Gasteiger partial charge in [0.15, 0.2) is 0 Å². The molecule has 4 fully saturated rings. The first-order valence-corrected chi connectivity index (χ1v) is 8.09. The molecule has 4 aliphatic carbocycles. The van der Waals surface area contributed by atoms with Crippen molar-refractivity contribution in [2.75, 3.05) is 0 Å². The van der Waals surface area contributed by atoms with E-state index in [4.69, 9.17) is 0 Å². The summed E-state index contributed by atoms with van der Waals surface area (Å²) in [4.78, 5) is 0. The predicted molar refractivity (Wildman–Crippen MR) is 74.8 cm³/mol. The highest BCUT2D eigenvalue weighted by molar-refractivity contribution is 5.18.